The molecular formula is C18H18N4OS2. The number of amides is 1. The molecule has 0 saturated heterocycles. The predicted molar refractivity (Wildman–Crippen MR) is 105 cm³/mol. The van der Waals surface area contributed by atoms with Crippen LogP contribution in [0.2, 0.25) is 0 Å². The number of carbonyl (C=O) groups is 1. The van der Waals surface area contributed by atoms with Gasteiger partial charge >= 0.3 is 0 Å². The number of aryl methyl sites for hydroxylation is 1. The maximum absolute atomic E-state index is 12.3. The molecule has 0 unspecified atom stereocenters. The Morgan fingerprint density at radius 1 is 1.08 bits per heavy atom. The van der Waals surface area contributed by atoms with Crippen LogP contribution in [0.1, 0.15) is 12.5 Å². The number of nitrogens with zero attached hydrogens (tertiary/aromatic N) is 2. The van der Waals surface area contributed by atoms with Crippen LogP contribution in [-0.4, -0.2) is 21.4 Å². The Hall–Kier alpha value is -2.38. The van der Waals surface area contributed by atoms with Crippen molar-refractivity contribution in [3.05, 3.63) is 60.2 Å². The van der Waals surface area contributed by atoms with Crippen LogP contribution in [0.5, 0.6) is 0 Å². The summed E-state index contributed by atoms with van der Waals surface area (Å²) in [6.07, 6.45) is 0. The summed E-state index contributed by atoms with van der Waals surface area (Å²) in [7, 11) is 0. The highest BCUT2D eigenvalue weighted by molar-refractivity contribution is 8.02. The van der Waals surface area contributed by atoms with Crippen molar-refractivity contribution >= 4 is 45.5 Å². The molecule has 1 atom stereocenters. The molecule has 0 saturated carbocycles. The second-order valence-corrected chi connectivity index (χ2v) is 8.05. The summed E-state index contributed by atoms with van der Waals surface area (Å²) in [5, 5.41) is 14.8. The third-order valence-corrected chi connectivity index (χ3v) is 5.39. The van der Waals surface area contributed by atoms with Crippen LogP contribution in [0, 0.1) is 6.92 Å². The number of para-hydroxylation sites is 1. The van der Waals surface area contributed by atoms with E-state index < -0.39 is 0 Å². The van der Waals surface area contributed by atoms with Crippen molar-refractivity contribution in [1.29, 1.82) is 0 Å². The van der Waals surface area contributed by atoms with Gasteiger partial charge in [-0.1, -0.05) is 53.4 Å². The lowest BCUT2D eigenvalue weighted by Gasteiger charge is -2.10. The van der Waals surface area contributed by atoms with Crippen LogP contribution >= 0.6 is 23.1 Å². The summed E-state index contributed by atoms with van der Waals surface area (Å²) in [4.78, 5) is 12.3. The van der Waals surface area contributed by atoms with Crippen molar-refractivity contribution in [2.24, 2.45) is 0 Å². The molecule has 1 heterocycles. The molecule has 5 nitrogen and oxygen atoms in total. The molecule has 1 aromatic heterocycles. The summed E-state index contributed by atoms with van der Waals surface area (Å²) in [5.41, 5.74) is 2.88. The molecule has 0 aliphatic heterocycles. The van der Waals surface area contributed by atoms with Gasteiger partial charge in [-0.2, -0.15) is 0 Å². The minimum atomic E-state index is -0.266. The molecule has 1 amide bonds. The average Bonchev–Trinajstić information content (AvgIpc) is 3.02. The van der Waals surface area contributed by atoms with Gasteiger partial charge < -0.3 is 10.6 Å². The third kappa shape index (κ3) is 5.04. The zero-order valence-electron chi connectivity index (χ0n) is 13.9. The molecule has 0 fully saturated rings. The fraction of sp³-hybridized carbons (Fsp3) is 0.167. The van der Waals surface area contributed by atoms with E-state index in [0.717, 1.165) is 21.3 Å². The molecule has 25 heavy (non-hydrogen) atoms. The molecule has 2 N–H and O–H groups in total. The van der Waals surface area contributed by atoms with E-state index in [2.05, 4.69) is 20.8 Å². The number of nitrogens with one attached hydrogen (secondary N) is 2. The lowest BCUT2D eigenvalue weighted by molar-refractivity contribution is -0.115. The van der Waals surface area contributed by atoms with Gasteiger partial charge in [-0.25, -0.2) is 0 Å². The monoisotopic (exact) mass is 370 g/mol. The minimum absolute atomic E-state index is 0.0524. The number of hydrogen-bond acceptors (Lipinski definition) is 6. The third-order valence-electron chi connectivity index (χ3n) is 3.36. The fourth-order valence-corrected chi connectivity index (χ4v) is 4.04. The molecule has 0 bridgehead atoms. The summed E-state index contributed by atoms with van der Waals surface area (Å²) < 4.78 is 0.755. The van der Waals surface area contributed by atoms with Crippen LogP contribution < -0.4 is 10.6 Å². The number of hydrogen-bond donors (Lipinski definition) is 2. The first-order chi connectivity index (χ1) is 12.1. The highest BCUT2D eigenvalue weighted by Crippen LogP contribution is 2.30. The molecule has 128 valence electrons. The minimum Gasteiger partial charge on any atom is -0.330 e. The first-order valence-corrected chi connectivity index (χ1v) is 9.49. The van der Waals surface area contributed by atoms with E-state index in [1.165, 1.54) is 23.1 Å². The number of carbonyl (C=O) groups excluding carboxylic acids is 1. The van der Waals surface area contributed by atoms with Gasteiger partial charge in [0.1, 0.15) is 0 Å². The van der Waals surface area contributed by atoms with Crippen molar-refractivity contribution in [3.63, 3.8) is 0 Å². The molecule has 0 aliphatic rings. The maximum Gasteiger partial charge on any atom is 0.237 e. The van der Waals surface area contributed by atoms with E-state index in [1.54, 1.807) is 0 Å². The molecular weight excluding hydrogens is 352 g/mol. The van der Waals surface area contributed by atoms with E-state index in [1.807, 2.05) is 68.4 Å². The van der Waals surface area contributed by atoms with Crippen molar-refractivity contribution in [2.75, 3.05) is 10.6 Å². The lowest BCUT2D eigenvalue weighted by atomic mass is 10.2. The van der Waals surface area contributed by atoms with Crippen molar-refractivity contribution in [2.45, 2.75) is 23.4 Å². The number of aromatic nitrogens is 2. The first kappa shape index (κ1) is 17.4. The Labute approximate surface area is 154 Å². The van der Waals surface area contributed by atoms with Gasteiger partial charge in [-0.15, -0.1) is 10.2 Å². The second-order valence-electron chi connectivity index (χ2n) is 5.48. The Morgan fingerprint density at radius 2 is 1.84 bits per heavy atom. The van der Waals surface area contributed by atoms with Gasteiger partial charge in [0, 0.05) is 11.4 Å². The van der Waals surface area contributed by atoms with E-state index in [-0.39, 0.29) is 11.2 Å². The van der Waals surface area contributed by atoms with Crippen LogP contribution in [0.25, 0.3) is 0 Å². The average molecular weight is 371 g/mol. The highest BCUT2D eigenvalue weighted by atomic mass is 32.2. The van der Waals surface area contributed by atoms with Crippen LogP contribution in [0.4, 0.5) is 16.5 Å². The Morgan fingerprint density at radius 3 is 2.60 bits per heavy atom. The van der Waals surface area contributed by atoms with Crippen LogP contribution in [0.15, 0.2) is 58.9 Å². The van der Waals surface area contributed by atoms with Gasteiger partial charge in [-0.3, -0.25) is 4.79 Å². The van der Waals surface area contributed by atoms with Crippen LogP contribution in [-0.2, 0) is 4.79 Å². The van der Waals surface area contributed by atoms with Crippen LogP contribution in [0.3, 0.4) is 0 Å². The molecule has 0 spiro atoms. The van der Waals surface area contributed by atoms with Crippen molar-refractivity contribution in [1.82, 2.24) is 10.2 Å². The van der Waals surface area contributed by atoms with E-state index in [9.17, 15) is 4.79 Å². The Balaban J connectivity index is 1.57. The molecule has 0 radical (unpaired) electrons. The Kier molecular flexibility index (Phi) is 5.67. The second kappa shape index (κ2) is 8.13. The maximum atomic E-state index is 12.3. The number of benzene rings is 2. The van der Waals surface area contributed by atoms with Gasteiger partial charge in [0.15, 0.2) is 4.34 Å². The van der Waals surface area contributed by atoms with Crippen molar-refractivity contribution in [3.8, 4) is 0 Å². The summed E-state index contributed by atoms with van der Waals surface area (Å²) >= 11 is 2.83. The van der Waals surface area contributed by atoms with Gasteiger partial charge in [0.2, 0.25) is 11.0 Å². The predicted octanol–water partition coefficient (Wildman–Crippen LogP) is 4.71. The topological polar surface area (TPSA) is 66.9 Å². The summed E-state index contributed by atoms with van der Waals surface area (Å²) in [6.45, 7) is 3.86. The summed E-state index contributed by atoms with van der Waals surface area (Å²) in [6, 6.07) is 17.6. The molecule has 0 aliphatic carbocycles. The van der Waals surface area contributed by atoms with E-state index in [0.29, 0.717) is 5.13 Å². The molecule has 7 heteroatoms. The van der Waals surface area contributed by atoms with E-state index >= 15 is 0 Å². The highest BCUT2D eigenvalue weighted by Gasteiger charge is 2.17. The smallest absolute Gasteiger partial charge is 0.237 e. The number of anilines is 3. The van der Waals surface area contributed by atoms with Gasteiger partial charge in [-0.05, 0) is 43.7 Å². The zero-order valence-corrected chi connectivity index (χ0v) is 15.5. The number of thioether (sulfide) groups is 1. The Bertz CT molecular complexity index is 851. The van der Waals surface area contributed by atoms with E-state index in [4.69, 9.17) is 0 Å². The normalized spacial score (nSPS) is 11.8. The lowest BCUT2D eigenvalue weighted by Crippen LogP contribution is -2.22. The van der Waals surface area contributed by atoms with Gasteiger partial charge in [0.05, 0.1) is 5.25 Å². The fourth-order valence-electron chi connectivity index (χ4n) is 2.12. The zero-order chi connectivity index (χ0) is 17.6. The standard InChI is InChI=1S/C18H18N4OS2/c1-12-7-6-10-15(11-12)19-16(23)13(2)24-18-22-21-17(25-18)20-14-8-4-3-5-9-14/h3-11,13H,1-2H3,(H,19,23)(H,20,21)/t13-/m0/s1. The largest absolute Gasteiger partial charge is 0.330 e. The molecule has 2 aromatic carbocycles. The van der Waals surface area contributed by atoms with Crippen molar-refractivity contribution < 1.29 is 4.79 Å². The SMILES string of the molecule is Cc1cccc(NC(=O)[C@H](C)Sc2nnc(Nc3ccccc3)s2)c1. The molecule has 3 rings (SSSR count). The van der Waals surface area contributed by atoms with Gasteiger partial charge in [0.25, 0.3) is 0 Å². The first-order valence-electron chi connectivity index (χ1n) is 7.80. The quantitative estimate of drug-likeness (QED) is 0.615. The number of rotatable bonds is 6. The summed E-state index contributed by atoms with van der Waals surface area (Å²) in [5.74, 6) is -0.0524. The molecule has 3 aromatic rings.